The highest BCUT2D eigenvalue weighted by Gasteiger charge is 2.35. The molecule has 0 spiro atoms. The first-order valence-corrected chi connectivity index (χ1v) is 11.4. The molecule has 168 valence electrons. The largest absolute Gasteiger partial charge is 0.465 e. The molecule has 31 heavy (non-hydrogen) atoms. The third kappa shape index (κ3) is 5.31. The van der Waals surface area contributed by atoms with Crippen molar-refractivity contribution in [2.45, 2.75) is 57.0 Å². The first kappa shape index (κ1) is 22.9. The van der Waals surface area contributed by atoms with Gasteiger partial charge in [-0.05, 0) is 33.4 Å². The van der Waals surface area contributed by atoms with E-state index in [4.69, 9.17) is 9.72 Å². The van der Waals surface area contributed by atoms with Crippen molar-refractivity contribution >= 4 is 29.8 Å². The summed E-state index contributed by atoms with van der Waals surface area (Å²) in [6, 6.07) is 1.85. The number of carbonyl (C=O) groups excluding carboxylic acids is 1. The highest BCUT2D eigenvalue weighted by atomic mass is 32.2. The Morgan fingerprint density at radius 3 is 2.65 bits per heavy atom. The summed E-state index contributed by atoms with van der Waals surface area (Å²) in [6.07, 6.45) is 1.21. The van der Waals surface area contributed by atoms with Crippen molar-refractivity contribution in [1.29, 1.82) is 5.26 Å². The van der Waals surface area contributed by atoms with Crippen LogP contribution in [-0.4, -0.2) is 81.1 Å². The zero-order chi connectivity index (χ0) is 22.8. The molecule has 1 aromatic rings. The number of ether oxygens (including phenoxy) is 1. The Hall–Kier alpha value is -2.74. The van der Waals surface area contributed by atoms with Crippen molar-refractivity contribution in [2.75, 3.05) is 37.3 Å². The quantitative estimate of drug-likeness (QED) is 0.549. The summed E-state index contributed by atoms with van der Waals surface area (Å²) in [5.41, 5.74) is 1.05. The maximum absolute atomic E-state index is 12.7. The van der Waals surface area contributed by atoms with Crippen LogP contribution in [0.1, 0.15) is 38.4 Å². The molecule has 1 fully saturated rings. The van der Waals surface area contributed by atoms with Crippen LogP contribution in [0.3, 0.4) is 0 Å². The van der Waals surface area contributed by atoms with Gasteiger partial charge in [-0.2, -0.15) is 5.26 Å². The molecule has 1 unspecified atom stereocenters. The number of fused-ring (bicyclic) bond motifs is 1. The molecule has 3 heterocycles. The van der Waals surface area contributed by atoms with Gasteiger partial charge in [-0.3, -0.25) is 0 Å². The standard InChI is InChI=1S/C20H28N6O4S/c1-20(2,3)30-19(29)26-10-9-24(11-13(26)5-7-21)16-14-6-8-25(18(27)28)12-15(14)22-17(23-16)31-4/h13H,5-6,8-12H2,1-4H3,(H,27,28). The van der Waals surface area contributed by atoms with Gasteiger partial charge < -0.3 is 24.5 Å². The molecule has 1 N–H and O–H groups in total. The van der Waals surface area contributed by atoms with Gasteiger partial charge in [0.05, 0.1) is 30.8 Å². The first-order chi connectivity index (χ1) is 14.6. The maximum atomic E-state index is 12.7. The Labute approximate surface area is 186 Å². The summed E-state index contributed by atoms with van der Waals surface area (Å²) in [4.78, 5) is 38.4. The summed E-state index contributed by atoms with van der Waals surface area (Å²) >= 11 is 1.40. The van der Waals surface area contributed by atoms with Crippen LogP contribution in [0.25, 0.3) is 0 Å². The lowest BCUT2D eigenvalue weighted by Crippen LogP contribution is -2.56. The molecule has 0 saturated carbocycles. The van der Waals surface area contributed by atoms with Gasteiger partial charge in [-0.1, -0.05) is 11.8 Å². The van der Waals surface area contributed by atoms with E-state index < -0.39 is 17.8 Å². The predicted molar refractivity (Wildman–Crippen MR) is 115 cm³/mol. The smallest absolute Gasteiger partial charge is 0.410 e. The number of hydrogen-bond acceptors (Lipinski definition) is 8. The minimum Gasteiger partial charge on any atom is -0.465 e. The van der Waals surface area contributed by atoms with Crippen LogP contribution in [0.5, 0.6) is 0 Å². The second-order valence-electron chi connectivity index (χ2n) is 8.55. The first-order valence-electron chi connectivity index (χ1n) is 10.2. The number of hydrogen-bond donors (Lipinski definition) is 1. The van der Waals surface area contributed by atoms with Crippen LogP contribution < -0.4 is 4.90 Å². The molecular formula is C20H28N6O4S. The zero-order valence-corrected chi connectivity index (χ0v) is 19.1. The van der Waals surface area contributed by atoms with E-state index in [1.165, 1.54) is 16.7 Å². The van der Waals surface area contributed by atoms with Crippen molar-refractivity contribution in [3.8, 4) is 6.07 Å². The summed E-state index contributed by atoms with van der Waals surface area (Å²) in [6.45, 7) is 7.47. The Kier molecular flexibility index (Phi) is 6.79. The molecule has 0 aromatic carbocycles. The Balaban J connectivity index is 1.87. The number of rotatable bonds is 3. The lowest BCUT2D eigenvalue weighted by Gasteiger charge is -2.42. The van der Waals surface area contributed by atoms with Crippen LogP contribution in [-0.2, 0) is 17.7 Å². The summed E-state index contributed by atoms with van der Waals surface area (Å²) in [7, 11) is 0. The molecule has 10 nitrogen and oxygen atoms in total. The summed E-state index contributed by atoms with van der Waals surface area (Å²) < 4.78 is 5.52. The van der Waals surface area contributed by atoms with E-state index in [-0.39, 0.29) is 19.0 Å². The van der Waals surface area contributed by atoms with Gasteiger partial charge in [0.2, 0.25) is 0 Å². The van der Waals surface area contributed by atoms with Gasteiger partial charge in [-0.15, -0.1) is 0 Å². The third-order valence-electron chi connectivity index (χ3n) is 5.21. The van der Waals surface area contributed by atoms with Gasteiger partial charge >= 0.3 is 12.2 Å². The number of piperazine rings is 1. The van der Waals surface area contributed by atoms with Gasteiger partial charge in [0.1, 0.15) is 11.4 Å². The van der Waals surface area contributed by atoms with Crippen molar-refractivity contribution in [2.24, 2.45) is 0 Å². The lowest BCUT2D eigenvalue weighted by molar-refractivity contribution is 0.0144. The molecule has 2 aliphatic rings. The Morgan fingerprint density at radius 2 is 2.03 bits per heavy atom. The lowest BCUT2D eigenvalue weighted by atomic mass is 10.0. The molecule has 0 bridgehead atoms. The summed E-state index contributed by atoms with van der Waals surface area (Å²) in [5, 5.41) is 19.3. The van der Waals surface area contributed by atoms with E-state index in [9.17, 15) is 20.0 Å². The van der Waals surface area contributed by atoms with Crippen LogP contribution >= 0.6 is 11.8 Å². The molecule has 11 heteroatoms. The number of aromatic nitrogens is 2. The van der Waals surface area contributed by atoms with Crippen molar-refractivity contribution in [3.05, 3.63) is 11.3 Å². The van der Waals surface area contributed by atoms with E-state index in [2.05, 4.69) is 16.0 Å². The second kappa shape index (κ2) is 9.18. The normalized spacial score (nSPS) is 18.9. The molecule has 2 aliphatic heterocycles. The highest BCUT2D eigenvalue weighted by molar-refractivity contribution is 7.98. The van der Waals surface area contributed by atoms with Gasteiger partial charge in [-0.25, -0.2) is 19.6 Å². The van der Waals surface area contributed by atoms with E-state index in [1.54, 1.807) is 4.90 Å². The number of thioether (sulfide) groups is 1. The molecule has 1 atom stereocenters. The number of amides is 2. The number of nitriles is 1. The van der Waals surface area contributed by atoms with Gasteiger partial charge in [0, 0.05) is 31.7 Å². The Morgan fingerprint density at radius 1 is 1.29 bits per heavy atom. The fourth-order valence-corrected chi connectivity index (χ4v) is 4.17. The number of carboxylic acid groups (broad SMARTS) is 1. The Bertz CT molecular complexity index is 897. The van der Waals surface area contributed by atoms with Gasteiger partial charge in [0.25, 0.3) is 0 Å². The van der Waals surface area contributed by atoms with E-state index in [1.807, 2.05) is 27.0 Å². The van der Waals surface area contributed by atoms with Crippen LogP contribution in [0, 0.1) is 11.3 Å². The van der Waals surface area contributed by atoms with Crippen molar-refractivity contribution < 1.29 is 19.4 Å². The molecular weight excluding hydrogens is 420 g/mol. The zero-order valence-electron chi connectivity index (χ0n) is 18.3. The highest BCUT2D eigenvalue weighted by Crippen LogP contribution is 2.31. The number of nitrogens with zero attached hydrogens (tertiary/aromatic N) is 6. The molecule has 1 saturated heterocycles. The van der Waals surface area contributed by atoms with Gasteiger partial charge in [0.15, 0.2) is 5.16 Å². The fourth-order valence-electron chi connectivity index (χ4n) is 3.79. The monoisotopic (exact) mass is 448 g/mol. The fraction of sp³-hybridized carbons (Fsp3) is 0.650. The molecule has 1 aromatic heterocycles. The average Bonchev–Trinajstić information content (AvgIpc) is 2.71. The topological polar surface area (TPSA) is 123 Å². The average molecular weight is 449 g/mol. The minimum atomic E-state index is -0.962. The van der Waals surface area contributed by atoms with E-state index in [0.717, 1.165) is 17.1 Å². The SMILES string of the molecule is CSc1nc2c(c(N3CCN(C(=O)OC(C)(C)C)C(CC#N)C3)n1)CCN(C(=O)O)C2. The molecule has 2 amide bonds. The van der Waals surface area contributed by atoms with E-state index >= 15 is 0 Å². The van der Waals surface area contributed by atoms with Crippen molar-refractivity contribution in [1.82, 2.24) is 19.8 Å². The minimum absolute atomic E-state index is 0.186. The number of carbonyl (C=O) groups is 2. The summed E-state index contributed by atoms with van der Waals surface area (Å²) in [5.74, 6) is 0.770. The van der Waals surface area contributed by atoms with Crippen LogP contribution in [0.4, 0.5) is 15.4 Å². The van der Waals surface area contributed by atoms with Crippen LogP contribution in [0.2, 0.25) is 0 Å². The van der Waals surface area contributed by atoms with E-state index in [0.29, 0.717) is 37.8 Å². The molecule has 0 aliphatic carbocycles. The maximum Gasteiger partial charge on any atom is 0.410 e. The van der Waals surface area contributed by atoms with Crippen molar-refractivity contribution in [3.63, 3.8) is 0 Å². The molecule has 0 radical (unpaired) electrons. The molecule has 3 rings (SSSR count). The number of anilines is 1. The second-order valence-corrected chi connectivity index (χ2v) is 9.32. The predicted octanol–water partition coefficient (Wildman–Crippen LogP) is 2.57. The third-order valence-corrected chi connectivity index (χ3v) is 5.76. The van der Waals surface area contributed by atoms with Crippen LogP contribution in [0.15, 0.2) is 5.16 Å².